The van der Waals surface area contributed by atoms with E-state index in [1.807, 2.05) is 0 Å². The number of carbonyl (C=O) groups excluding carboxylic acids is 1. The summed E-state index contributed by atoms with van der Waals surface area (Å²) in [6.07, 6.45) is 10.7. The molecule has 2 heteroatoms. The van der Waals surface area contributed by atoms with Gasteiger partial charge in [-0.2, -0.15) is 0 Å². The number of rotatable bonds is 1. The topological polar surface area (TPSA) is 26.3 Å². The van der Waals surface area contributed by atoms with Crippen molar-refractivity contribution in [2.45, 2.75) is 57.0 Å². The molecule has 0 aromatic rings. The Bertz CT molecular complexity index is 192. The quantitative estimate of drug-likeness (QED) is 0.603. The van der Waals surface area contributed by atoms with Crippen molar-refractivity contribution in [3.05, 3.63) is 0 Å². The molecule has 1 atom stereocenters. The first kappa shape index (κ1) is 10.2. The highest BCUT2D eigenvalue weighted by molar-refractivity contribution is 5.53. The van der Waals surface area contributed by atoms with Gasteiger partial charge in [-0.25, -0.2) is 0 Å². The summed E-state index contributed by atoms with van der Waals surface area (Å²) >= 11 is 0. The second-order valence-electron chi connectivity index (χ2n) is 4.83. The zero-order valence-electron chi connectivity index (χ0n) is 8.84. The fraction of sp³-hybridized carbons (Fsp3) is 0.917. The summed E-state index contributed by atoms with van der Waals surface area (Å²) in [5, 5.41) is 0. The third-order valence-electron chi connectivity index (χ3n) is 3.74. The first-order valence-corrected chi connectivity index (χ1v) is 5.94. The molecular weight excluding hydrogens is 176 g/mol. The molecule has 2 nitrogen and oxygen atoms in total. The summed E-state index contributed by atoms with van der Waals surface area (Å²) in [7, 11) is 0. The van der Waals surface area contributed by atoms with Crippen LogP contribution in [0.3, 0.4) is 0 Å². The Morgan fingerprint density at radius 2 is 1.86 bits per heavy atom. The molecule has 1 saturated heterocycles. The Morgan fingerprint density at radius 1 is 1.14 bits per heavy atom. The lowest BCUT2D eigenvalue weighted by molar-refractivity contribution is -0.129. The predicted octanol–water partition coefficient (Wildman–Crippen LogP) is 2.70. The molecule has 80 valence electrons. The Balaban J connectivity index is 2.00. The Hall–Kier alpha value is -0.370. The molecule has 0 aromatic heterocycles. The van der Waals surface area contributed by atoms with Crippen LogP contribution in [0.4, 0.5) is 0 Å². The van der Waals surface area contributed by atoms with E-state index in [9.17, 15) is 4.79 Å². The second kappa shape index (κ2) is 4.43. The van der Waals surface area contributed by atoms with E-state index in [1.54, 1.807) is 0 Å². The number of aldehydes is 1. The van der Waals surface area contributed by atoms with Crippen LogP contribution in [-0.4, -0.2) is 18.5 Å². The van der Waals surface area contributed by atoms with Gasteiger partial charge in [0.25, 0.3) is 0 Å². The standard InChI is InChI=1S/C12H20O2/c13-10-11-5-8-14-12(9-11)6-3-1-2-4-7-12/h10-11H,1-9H2. The highest BCUT2D eigenvalue weighted by Crippen LogP contribution is 2.39. The molecule has 2 rings (SSSR count). The van der Waals surface area contributed by atoms with Crippen molar-refractivity contribution in [2.75, 3.05) is 6.61 Å². The van der Waals surface area contributed by atoms with Crippen LogP contribution in [0, 0.1) is 5.92 Å². The molecule has 0 N–H and O–H groups in total. The lowest BCUT2D eigenvalue weighted by atomic mass is 9.81. The van der Waals surface area contributed by atoms with Crippen molar-refractivity contribution >= 4 is 6.29 Å². The Kier molecular flexibility index (Phi) is 3.22. The summed E-state index contributed by atoms with van der Waals surface area (Å²) in [6.45, 7) is 0.795. The van der Waals surface area contributed by atoms with E-state index >= 15 is 0 Å². The molecule has 2 fully saturated rings. The molecule has 2 aliphatic rings. The molecule has 0 amide bonds. The van der Waals surface area contributed by atoms with Gasteiger partial charge in [0.1, 0.15) is 6.29 Å². The zero-order valence-corrected chi connectivity index (χ0v) is 8.84. The molecule has 0 radical (unpaired) electrons. The van der Waals surface area contributed by atoms with E-state index in [-0.39, 0.29) is 11.5 Å². The molecule has 14 heavy (non-hydrogen) atoms. The summed E-state index contributed by atoms with van der Waals surface area (Å²) in [6, 6.07) is 0. The maximum atomic E-state index is 10.8. The Morgan fingerprint density at radius 3 is 2.50 bits per heavy atom. The smallest absolute Gasteiger partial charge is 0.123 e. The average molecular weight is 196 g/mol. The minimum absolute atomic E-state index is 0.0837. The molecule has 1 aliphatic carbocycles. The molecule has 1 aliphatic heterocycles. The highest BCUT2D eigenvalue weighted by Gasteiger charge is 2.37. The van der Waals surface area contributed by atoms with Gasteiger partial charge < -0.3 is 9.53 Å². The van der Waals surface area contributed by atoms with Crippen LogP contribution < -0.4 is 0 Å². The molecule has 0 bridgehead atoms. The Labute approximate surface area is 86.0 Å². The largest absolute Gasteiger partial charge is 0.375 e. The van der Waals surface area contributed by atoms with Crippen LogP contribution in [0.5, 0.6) is 0 Å². The normalized spacial score (nSPS) is 32.4. The number of hydrogen-bond acceptors (Lipinski definition) is 2. The molecule has 1 spiro atoms. The zero-order chi connectivity index (χ0) is 9.86. The molecule has 1 saturated carbocycles. The van der Waals surface area contributed by atoms with Crippen molar-refractivity contribution in [3.8, 4) is 0 Å². The van der Waals surface area contributed by atoms with Gasteiger partial charge >= 0.3 is 0 Å². The number of carbonyl (C=O) groups is 1. The van der Waals surface area contributed by atoms with Crippen LogP contribution in [0.1, 0.15) is 51.4 Å². The van der Waals surface area contributed by atoms with Crippen molar-refractivity contribution < 1.29 is 9.53 Å². The van der Waals surface area contributed by atoms with Gasteiger partial charge in [-0.15, -0.1) is 0 Å². The summed E-state index contributed by atoms with van der Waals surface area (Å²) in [5.74, 6) is 0.266. The van der Waals surface area contributed by atoms with Gasteiger partial charge in [-0.05, 0) is 25.7 Å². The van der Waals surface area contributed by atoms with Gasteiger partial charge in [0.15, 0.2) is 0 Å². The monoisotopic (exact) mass is 196 g/mol. The van der Waals surface area contributed by atoms with Crippen LogP contribution in [-0.2, 0) is 9.53 Å². The molecule has 1 heterocycles. The fourth-order valence-corrected chi connectivity index (χ4v) is 2.90. The van der Waals surface area contributed by atoms with E-state index in [0.29, 0.717) is 0 Å². The van der Waals surface area contributed by atoms with Gasteiger partial charge in [-0.3, -0.25) is 0 Å². The highest BCUT2D eigenvalue weighted by atomic mass is 16.5. The van der Waals surface area contributed by atoms with E-state index in [1.165, 1.54) is 38.5 Å². The first-order chi connectivity index (χ1) is 6.85. The van der Waals surface area contributed by atoms with Crippen LogP contribution in [0.25, 0.3) is 0 Å². The maximum absolute atomic E-state index is 10.8. The van der Waals surface area contributed by atoms with Crippen LogP contribution in [0.15, 0.2) is 0 Å². The fourth-order valence-electron chi connectivity index (χ4n) is 2.90. The third-order valence-corrected chi connectivity index (χ3v) is 3.74. The van der Waals surface area contributed by atoms with E-state index < -0.39 is 0 Å². The summed E-state index contributed by atoms with van der Waals surface area (Å²) in [4.78, 5) is 10.8. The third kappa shape index (κ3) is 2.17. The molecule has 1 unspecified atom stereocenters. The lowest BCUT2D eigenvalue weighted by Gasteiger charge is -2.39. The van der Waals surface area contributed by atoms with Crippen molar-refractivity contribution in [1.29, 1.82) is 0 Å². The minimum atomic E-state index is 0.0837. The molecular formula is C12H20O2. The minimum Gasteiger partial charge on any atom is -0.375 e. The van der Waals surface area contributed by atoms with Crippen LogP contribution in [0.2, 0.25) is 0 Å². The number of hydrogen-bond donors (Lipinski definition) is 0. The van der Waals surface area contributed by atoms with Gasteiger partial charge in [-0.1, -0.05) is 25.7 Å². The van der Waals surface area contributed by atoms with Crippen LogP contribution >= 0.6 is 0 Å². The van der Waals surface area contributed by atoms with Crippen molar-refractivity contribution in [3.63, 3.8) is 0 Å². The first-order valence-electron chi connectivity index (χ1n) is 5.94. The van der Waals surface area contributed by atoms with E-state index in [0.717, 1.165) is 25.7 Å². The lowest BCUT2D eigenvalue weighted by Crippen LogP contribution is -2.39. The number of ether oxygens (including phenoxy) is 1. The summed E-state index contributed by atoms with van der Waals surface area (Å²) < 4.78 is 5.96. The van der Waals surface area contributed by atoms with Crippen molar-refractivity contribution in [2.24, 2.45) is 5.92 Å². The second-order valence-corrected chi connectivity index (χ2v) is 4.83. The van der Waals surface area contributed by atoms with Gasteiger partial charge in [0, 0.05) is 12.5 Å². The SMILES string of the molecule is O=CC1CCOC2(CCCCCC2)C1. The van der Waals surface area contributed by atoms with Gasteiger partial charge in [0.2, 0.25) is 0 Å². The summed E-state index contributed by atoms with van der Waals surface area (Å²) in [5.41, 5.74) is 0.0837. The molecule has 0 aromatic carbocycles. The van der Waals surface area contributed by atoms with E-state index in [4.69, 9.17) is 4.74 Å². The van der Waals surface area contributed by atoms with Crippen molar-refractivity contribution in [1.82, 2.24) is 0 Å². The maximum Gasteiger partial charge on any atom is 0.123 e. The van der Waals surface area contributed by atoms with Gasteiger partial charge in [0.05, 0.1) is 5.60 Å². The average Bonchev–Trinajstić information content (AvgIpc) is 2.44. The predicted molar refractivity (Wildman–Crippen MR) is 55.2 cm³/mol. The van der Waals surface area contributed by atoms with E-state index in [2.05, 4.69) is 0 Å².